The molecule has 7 heteroatoms. The average molecular weight is 298 g/mol. The summed E-state index contributed by atoms with van der Waals surface area (Å²) in [5, 5.41) is 15.3. The third kappa shape index (κ3) is 6.89. The van der Waals surface area contributed by atoms with E-state index in [4.69, 9.17) is 14.4 Å². The highest BCUT2D eigenvalue weighted by Crippen LogP contribution is 2.08. The minimum atomic E-state index is -1.09. The maximum absolute atomic E-state index is 11.8. The monoisotopic (exact) mass is 298 g/mol. The van der Waals surface area contributed by atoms with Crippen LogP contribution in [0.4, 0.5) is 0 Å². The zero-order valence-electron chi connectivity index (χ0n) is 12.8. The molecule has 7 nitrogen and oxygen atoms in total. The Balaban J connectivity index is 2.46. The number of amides is 1. The number of aromatic nitrogens is 1. The van der Waals surface area contributed by atoms with Crippen molar-refractivity contribution in [1.82, 2.24) is 10.5 Å². The Kier molecular flexibility index (Phi) is 5.90. The van der Waals surface area contributed by atoms with Gasteiger partial charge in [0.1, 0.15) is 11.8 Å². The van der Waals surface area contributed by atoms with Gasteiger partial charge in [0, 0.05) is 19.1 Å². The third-order valence-electron chi connectivity index (χ3n) is 2.59. The Labute approximate surface area is 123 Å². The number of carboxylic acid groups (broad SMARTS) is 1. The number of ether oxygens (including phenoxy) is 1. The predicted octanol–water partition coefficient (Wildman–Crippen LogP) is 1.30. The van der Waals surface area contributed by atoms with Gasteiger partial charge in [0.2, 0.25) is 5.91 Å². The lowest BCUT2D eigenvalue weighted by atomic mass is 10.1. The van der Waals surface area contributed by atoms with E-state index in [-0.39, 0.29) is 25.0 Å². The Morgan fingerprint density at radius 1 is 1.48 bits per heavy atom. The first-order valence-corrected chi connectivity index (χ1v) is 6.76. The van der Waals surface area contributed by atoms with Crippen molar-refractivity contribution in [3.63, 3.8) is 0 Å². The summed E-state index contributed by atoms with van der Waals surface area (Å²) in [7, 11) is 0. The third-order valence-corrected chi connectivity index (χ3v) is 2.59. The smallest absolute Gasteiger partial charge is 0.326 e. The summed E-state index contributed by atoms with van der Waals surface area (Å²) < 4.78 is 10.3. The van der Waals surface area contributed by atoms with Crippen molar-refractivity contribution in [3.8, 4) is 0 Å². The number of carboxylic acids is 1. The fraction of sp³-hybridized carbons (Fsp3) is 0.643. The maximum atomic E-state index is 11.8. The molecule has 0 aromatic carbocycles. The van der Waals surface area contributed by atoms with Crippen molar-refractivity contribution in [2.75, 3.05) is 6.61 Å². The van der Waals surface area contributed by atoms with Gasteiger partial charge in [-0.15, -0.1) is 0 Å². The van der Waals surface area contributed by atoms with Crippen LogP contribution in [0.5, 0.6) is 0 Å². The molecule has 0 radical (unpaired) electrons. The Hall–Kier alpha value is -1.89. The van der Waals surface area contributed by atoms with Gasteiger partial charge >= 0.3 is 5.97 Å². The van der Waals surface area contributed by atoms with Crippen molar-refractivity contribution in [1.29, 1.82) is 0 Å². The number of hydrogen-bond acceptors (Lipinski definition) is 5. The number of aliphatic carboxylic acids is 1. The van der Waals surface area contributed by atoms with Crippen LogP contribution < -0.4 is 5.32 Å². The average Bonchev–Trinajstić information content (AvgIpc) is 2.71. The standard InChI is InChI=1S/C14H22N2O5/c1-9-7-10(16-21-9)8-12(17)15-11(13(18)19)5-6-20-14(2,3)4/h7,11H,5-6,8H2,1-4H3,(H,15,17)(H,18,19). The predicted molar refractivity (Wildman–Crippen MR) is 74.8 cm³/mol. The molecule has 1 rings (SSSR count). The summed E-state index contributed by atoms with van der Waals surface area (Å²) in [5.41, 5.74) is 0.130. The molecule has 0 bridgehead atoms. The minimum absolute atomic E-state index is 0.0127. The minimum Gasteiger partial charge on any atom is -0.480 e. The number of nitrogens with zero attached hydrogens (tertiary/aromatic N) is 1. The zero-order chi connectivity index (χ0) is 16.0. The van der Waals surface area contributed by atoms with Crippen LogP contribution in [0.3, 0.4) is 0 Å². The molecule has 1 atom stereocenters. The summed E-state index contributed by atoms with van der Waals surface area (Å²) >= 11 is 0. The summed E-state index contributed by atoms with van der Waals surface area (Å²) in [5.74, 6) is -0.894. The van der Waals surface area contributed by atoms with Crippen LogP contribution in [0.15, 0.2) is 10.6 Å². The molecule has 0 fully saturated rings. The second-order valence-electron chi connectivity index (χ2n) is 5.81. The van der Waals surface area contributed by atoms with Crippen LogP contribution in [0.25, 0.3) is 0 Å². The Morgan fingerprint density at radius 3 is 2.62 bits per heavy atom. The first-order valence-electron chi connectivity index (χ1n) is 6.76. The number of rotatable bonds is 7. The Bertz CT molecular complexity index is 490. The van der Waals surface area contributed by atoms with E-state index in [1.165, 1.54) is 0 Å². The second-order valence-corrected chi connectivity index (χ2v) is 5.81. The lowest BCUT2D eigenvalue weighted by Crippen LogP contribution is -2.42. The van der Waals surface area contributed by atoms with Crippen LogP contribution in [0.2, 0.25) is 0 Å². The van der Waals surface area contributed by atoms with Gasteiger partial charge in [0.25, 0.3) is 0 Å². The van der Waals surface area contributed by atoms with E-state index in [1.807, 2.05) is 20.8 Å². The molecule has 1 unspecified atom stereocenters. The molecule has 1 aromatic heterocycles. The topological polar surface area (TPSA) is 102 Å². The molecule has 1 heterocycles. The molecule has 0 saturated carbocycles. The van der Waals surface area contributed by atoms with Crippen molar-refractivity contribution in [2.45, 2.75) is 52.2 Å². The molecular weight excluding hydrogens is 276 g/mol. The van der Waals surface area contributed by atoms with Gasteiger partial charge in [-0.2, -0.15) is 0 Å². The molecule has 0 saturated heterocycles. The molecule has 1 amide bonds. The van der Waals surface area contributed by atoms with E-state index in [0.29, 0.717) is 11.5 Å². The molecule has 1 aromatic rings. The summed E-state index contributed by atoms with van der Waals surface area (Å²) in [4.78, 5) is 22.9. The van der Waals surface area contributed by atoms with E-state index < -0.39 is 17.9 Å². The van der Waals surface area contributed by atoms with E-state index >= 15 is 0 Å². The highest BCUT2D eigenvalue weighted by atomic mass is 16.5. The quantitative estimate of drug-likeness (QED) is 0.786. The molecular formula is C14H22N2O5. The van der Waals surface area contributed by atoms with Gasteiger partial charge in [0.15, 0.2) is 0 Å². The SMILES string of the molecule is Cc1cc(CC(=O)NC(CCOC(C)(C)C)C(=O)O)no1. The van der Waals surface area contributed by atoms with Crippen molar-refractivity contribution < 1.29 is 24.0 Å². The van der Waals surface area contributed by atoms with Crippen LogP contribution in [-0.2, 0) is 20.7 Å². The zero-order valence-corrected chi connectivity index (χ0v) is 12.8. The van der Waals surface area contributed by atoms with Gasteiger partial charge in [-0.25, -0.2) is 4.79 Å². The lowest BCUT2D eigenvalue weighted by molar-refractivity contribution is -0.142. The number of carbonyl (C=O) groups is 2. The van der Waals surface area contributed by atoms with E-state index in [1.54, 1.807) is 13.0 Å². The van der Waals surface area contributed by atoms with Gasteiger partial charge in [-0.1, -0.05) is 5.16 Å². The second kappa shape index (κ2) is 7.21. The molecule has 0 aliphatic heterocycles. The van der Waals surface area contributed by atoms with Crippen molar-refractivity contribution >= 4 is 11.9 Å². The fourth-order valence-corrected chi connectivity index (χ4v) is 1.65. The Morgan fingerprint density at radius 2 is 2.14 bits per heavy atom. The molecule has 21 heavy (non-hydrogen) atoms. The summed E-state index contributed by atoms with van der Waals surface area (Å²) in [6.45, 7) is 7.62. The first kappa shape index (κ1) is 17.2. The van der Waals surface area contributed by atoms with Gasteiger partial charge in [-0.05, 0) is 27.7 Å². The number of nitrogens with one attached hydrogen (secondary N) is 1. The van der Waals surface area contributed by atoms with Crippen LogP contribution in [0, 0.1) is 6.92 Å². The first-order chi connectivity index (χ1) is 9.67. The fourth-order valence-electron chi connectivity index (χ4n) is 1.65. The van der Waals surface area contributed by atoms with Crippen molar-refractivity contribution in [3.05, 3.63) is 17.5 Å². The number of aryl methyl sites for hydroxylation is 1. The van der Waals surface area contributed by atoms with Gasteiger partial charge in [0.05, 0.1) is 17.7 Å². The molecule has 2 N–H and O–H groups in total. The van der Waals surface area contributed by atoms with E-state index in [2.05, 4.69) is 10.5 Å². The van der Waals surface area contributed by atoms with Crippen molar-refractivity contribution in [2.24, 2.45) is 0 Å². The highest BCUT2D eigenvalue weighted by molar-refractivity contribution is 5.84. The molecule has 0 spiro atoms. The van der Waals surface area contributed by atoms with Gasteiger partial charge in [-0.3, -0.25) is 4.79 Å². The van der Waals surface area contributed by atoms with E-state index in [9.17, 15) is 9.59 Å². The van der Waals surface area contributed by atoms with Gasteiger partial charge < -0.3 is 19.7 Å². The molecule has 0 aliphatic carbocycles. The van der Waals surface area contributed by atoms with E-state index in [0.717, 1.165) is 0 Å². The van der Waals surface area contributed by atoms with Crippen LogP contribution >= 0.6 is 0 Å². The molecule has 0 aliphatic rings. The van der Waals surface area contributed by atoms with Crippen LogP contribution in [0.1, 0.15) is 38.6 Å². The lowest BCUT2D eigenvalue weighted by Gasteiger charge is -2.21. The largest absolute Gasteiger partial charge is 0.480 e. The maximum Gasteiger partial charge on any atom is 0.326 e. The highest BCUT2D eigenvalue weighted by Gasteiger charge is 2.21. The number of carbonyl (C=O) groups excluding carboxylic acids is 1. The normalized spacial score (nSPS) is 13.0. The summed E-state index contributed by atoms with van der Waals surface area (Å²) in [6, 6.07) is 0.658. The summed E-state index contributed by atoms with van der Waals surface area (Å²) in [6.07, 6.45) is 0.192. The van der Waals surface area contributed by atoms with Crippen LogP contribution in [-0.4, -0.2) is 40.4 Å². The number of hydrogen-bond donors (Lipinski definition) is 2. The molecule has 118 valence electrons.